The van der Waals surface area contributed by atoms with Gasteiger partial charge in [0.25, 0.3) is 0 Å². The molecule has 1 aliphatic carbocycles. The molecule has 0 fully saturated rings. The van der Waals surface area contributed by atoms with Crippen LogP contribution in [-0.4, -0.2) is 0 Å². The zero-order valence-corrected chi connectivity index (χ0v) is 16.4. The Morgan fingerprint density at radius 1 is 0.750 bits per heavy atom. The first-order valence-corrected chi connectivity index (χ1v) is 10.3. The normalized spacial score (nSPS) is 11.9. The molecule has 0 spiro atoms. The Balaban J connectivity index is 1.56. The molecule has 3 aromatic carbocycles. The van der Waals surface area contributed by atoms with E-state index in [9.17, 15) is 4.39 Å². The number of hydrogen-bond donors (Lipinski definition) is 0. The van der Waals surface area contributed by atoms with Gasteiger partial charge in [-0.15, -0.1) is 0 Å². The molecule has 1 heteroatoms. The van der Waals surface area contributed by atoms with Crippen molar-refractivity contribution in [2.24, 2.45) is 0 Å². The lowest BCUT2D eigenvalue weighted by atomic mass is 9.83. The molecule has 140 valence electrons. The molecule has 0 nitrogen and oxygen atoms in total. The smallest absolute Gasteiger partial charge is 0.123 e. The third-order valence-electron chi connectivity index (χ3n) is 5.49. The maximum Gasteiger partial charge on any atom is 0.123 e. The van der Waals surface area contributed by atoms with Gasteiger partial charge in [0.15, 0.2) is 0 Å². The van der Waals surface area contributed by atoms with Gasteiger partial charge in [-0.05, 0) is 89.9 Å². The highest BCUT2D eigenvalue weighted by Crippen LogP contribution is 2.34. The van der Waals surface area contributed by atoms with E-state index in [2.05, 4.69) is 55.2 Å². The van der Waals surface area contributed by atoms with Crippen LogP contribution >= 0.6 is 0 Å². The second-order valence-corrected chi connectivity index (χ2v) is 7.58. The van der Waals surface area contributed by atoms with E-state index in [-0.39, 0.29) is 5.82 Å². The minimum absolute atomic E-state index is 0.230. The molecular formula is C27H25F. The Kier molecular flexibility index (Phi) is 5.58. The molecule has 0 bridgehead atoms. The molecule has 4 rings (SSSR count). The molecule has 0 N–H and O–H groups in total. The largest absolute Gasteiger partial charge is 0.207 e. The van der Waals surface area contributed by atoms with E-state index < -0.39 is 0 Å². The van der Waals surface area contributed by atoms with Crippen LogP contribution in [-0.2, 0) is 19.3 Å². The molecule has 0 atom stereocenters. The average molecular weight is 368 g/mol. The van der Waals surface area contributed by atoms with Gasteiger partial charge in [-0.3, -0.25) is 0 Å². The van der Waals surface area contributed by atoms with E-state index in [1.807, 2.05) is 0 Å². The highest BCUT2D eigenvalue weighted by molar-refractivity contribution is 5.74. The van der Waals surface area contributed by atoms with E-state index in [4.69, 9.17) is 0 Å². The molecule has 1 aliphatic rings. The highest BCUT2D eigenvalue weighted by atomic mass is 19.1. The fourth-order valence-electron chi connectivity index (χ4n) is 3.94. The lowest BCUT2D eigenvalue weighted by Crippen LogP contribution is -2.05. The van der Waals surface area contributed by atoms with Crippen LogP contribution in [0.1, 0.15) is 54.0 Å². The Morgan fingerprint density at radius 3 is 2.14 bits per heavy atom. The second kappa shape index (κ2) is 8.44. The van der Waals surface area contributed by atoms with Gasteiger partial charge in [-0.2, -0.15) is 0 Å². The summed E-state index contributed by atoms with van der Waals surface area (Å²) in [5.41, 5.74) is 8.89. The molecule has 28 heavy (non-hydrogen) atoms. The van der Waals surface area contributed by atoms with Crippen LogP contribution in [0.5, 0.6) is 0 Å². The van der Waals surface area contributed by atoms with Crippen molar-refractivity contribution in [1.29, 1.82) is 0 Å². The summed E-state index contributed by atoms with van der Waals surface area (Å²) in [6.45, 7) is 2.25. The highest BCUT2D eigenvalue weighted by Gasteiger charge is 2.16. The van der Waals surface area contributed by atoms with E-state index in [1.165, 1.54) is 65.6 Å². The van der Waals surface area contributed by atoms with Crippen LogP contribution in [0, 0.1) is 17.7 Å². The summed E-state index contributed by atoms with van der Waals surface area (Å²) in [5.74, 6) is 6.12. The summed E-state index contributed by atoms with van der Waals surface area (Å²) in [5, 5.41) is 0. The fraction of sp³-hybridized carbons (Fsp3) is 0.259. The molecule has 3 aromatic rings. The quantitative estimate of drug-likeness (QED) is 0.354. The number of benzene rings is 3. The SMILES string of the molecule is CCCCCc1ccc2c(c1)CCc1cc(C#Cc3ccc(F)cc3)ccc1-2. The molecule has 0 aromatic heterocycles. The average Bonchev–Trinajstić information content (AvgIpc) is 2.73. The van der Waals surface area contributed by atoms with Gasteiger partial charge < -0.3 is 0 Å². The summed E-state index contributed by atoms with van der Waals surface area (Å²) in [7, 11) is 0. The Labute approximate surface area is 167 Å². The summed E-state index contributed by atoms with van der Waals surface area (Å²) < 4.78 is 13.0. The number of rotatable bonds is 4. The van der Waals surface area contributed by atoms with Gasteiger partial charge >= 0.3 is 0 Å². The maximum absolute atomic E-state index is 13.0. The number of hydrogen-bond acceptors (Lipinski definition) is 0. The molecule has 0 aliphatic heterocycles. The van der Waals surface area contributed by atoms with Crippen LogP contribution in [0.25, 0.3) is 11.1 Å². The third kappa shape index (κ3) is 4.18. The zero-order valence-electron chi connectivity index (χ0n) is 16.4. The summed E-state index contributed by atoms with van der Waals surface area (Å²) in [6, 6.07) is 19.9. The van der Waals surface area contributed by atoms with Gasteiger partial charge in [-0.25, -0.2) is 4.39 Å². The van der Waals surface area contributed by atoms with Crippen molar-refractivity contribution < 1.29 is 4.39 Å². The number of fused-ring (bicyclic) bond motifs is 3. The van der Waals surface area contributed by atoms with Gasteiger partial charge in [0.2, 0.25) is 0 Å². The van der Waals surface area contributed by atoms with Crippen LogP contribution in [0.15, 0.2) is 60.7 Å². The standard InChI is InChI=1S/C27H25F/c1-2-3-4-5-21-10-16-26-23(18-21)12-13-24-19-22(11-17-27(24)26)7-6-20-8-14-25(28)15-9-20/h8-11,14-19H,2-5,12-13H2,1H3. The van der Waals surface area contributed by atoms with Gasteiger partial charge in [0.05, 0.1) is 0 Å². The summed E-state index contributed by atoms with van der Waals surface area (Å²) in [4.78, 5) is 0. The first kappa shape index (κ1) is 18.5. The van der Waals surface area contributed by atoms with Crippen LogP contribution in [0.3, 0.4) is 0 Å². The Morgan fingerprint density at radius 2 is 1.39 bits per heavy atom. The predicted molar refractivity (Wildman–Crippen MR) is 115 cm³/mol. The molecular weight excluding hydrogens is 343 g/mol. The molecule has 0 unspecified atom stereocenters. The molecule has 0 saturated carbocycles. The van der Waals surface area contributed by atoms with Crippen LogP contribution < -0.4 is 0 Å². The zero-order chi connectivity index (χ0) is 19.3. The first-order valence-electron chi connectivity index (χ1n) is 10.3. The number of aryl methyl sites for hydroxylation is 3. The van der Waals surface area contributed by atoms with Gasteiger partial charge in [0.1, 0.15) is 5.82 Å². The van der Waals surface area contributed by atoms with Crippen LogP contribution in [0.2, 0.25) is 0 Å². The lowest BCUT2D eigenvalue weighted by Gasteiger charge is -2.21. The maximum atomic E-state index is 13.0. The van der Waals surface area contributed by atoms with Gasteiger partial charge in [-0.1, -0.05) is 55.9 Å². The van der Waals surface area contributed by atoms with Crippen molar-refractivity contribution in [3.63, 3.8) is 0 Å². The summed E-state index contributed by atoms with van der Waals surface area (Å²) in [6.07, 6.45) is 7.20. The van der Waals surface area contributed by atoms with Crippen molar-refractivity contribution in [1.82, 2.24) is 0 Å². The predicted octanol–water partition coefficient (Wildman–Crippen LogP) is 6.72. The first-order chi connectivity index (χ1) is 13.7. The molecule has 0 amide bonds. The van der Waals surface area contributed by atoms with Crippen LogP contribution in [0.4, 0.5) is 4.39 Å². The van der Waals surface area contributed by atoms with E-state index >= 15 is 0 Å². The van der Waals surface area contributed by atoms with Gasteiger partial charge in [0, 0.05) is 11.1 Å². The Hall–Kier alpha value is -2.85. The van der Waals surface area contributed by atoms with Crippen molar-refractivity contribution >= 4 is 0 Å². The number of halogens is 1. The van der Waals surface area contributed by atoms with Crippen molar-refractivity contribution in [2.75, 3.05) is 0 Å². The lowest BCUT2D eigenvalue weighted by molar-refractivity contribution is 0.627. The van der Waals surface area contributed by atoms with Crippen molar-refractivity contribution in [3.05, 3.63) is 94.3 Å². The monoisotopic (exact) mass is 368 g/mol. The van der Waals surface area contributed by atoms with Crippen molar-refractivity contribution in [3.8, 4) is 23.0 Å². The van der Waals surface area contributed by atoms with E-state index in [0.717, 1.165) is 24.0 Å². The van der Waals surface area contributed by atoms with E-state index in [1.54, 1.807) is 12.1 Å². The molecule has 0 radical (unpaired) electrons. The topological polar surface area (TPSA) is 0 Å². The summed E-state index contributed by atoms with van der Waals surface area (Å²) >= 11 is 0. The minimum Gasteiger partial charge on any atom is -0.207 e. The number of unbranched alkanes of at least 4 members (excludes halogenated alkanes) is 2. The second-order valence-electron chi connectivity index (χ2n) is 7.58. The van der Waals surface area contributed by atoms with Crippen molar-refractivity contribution in [2.45, 2.75) is 45.4 Å². The Bertz CT molecular complexity index is 1030. The fourth-order valence-corrected chi connectivity index (χ4v) is 3.94. The minimum atomic E-state index is -0.230. The molecule has 0 heterocycles. The molecule has 0 saturated heterocycles. The van der Waals surface area contributed by atoms with E-state index in [0.29, 0.717) is 0 Å². The third-order valence-corrected chi connectivity index (χ3v) is 5.49.